The second-order valence-corrected chi connectivity index (χ2v) is 5.92. The second kappa shape index (κ2) is 3.90. The van der Waals surface area contributed by atoms with Gasteiger partial charge in [0.25, 0.3) is 0 Å². The summed E-state index contributed by atoms with van der Waals surface area (Å²) in [4.78, 5) is 16.8. The van der Waals surface area contributed by atoms with Gasteiger partial charge < -0.3 is 15.3 Å². The van der Waals surface area contributed by atoms with Crippen molar-refractivity contribution in [2.75, 3.05) is 5.32 Å². The normalized spacial score (nSPS) is 22.4. The number of hydrogen-bond donors (Lipinski definition) is 3. The third-order valence-electron chi connectivity index (χ3n) is 4.11. The number of aromatic amines is 2. The molecule has 4 heteroatoms. The number of imidazole rings is 1. The first-order chi connectivity index (χ1) is 8.54. The van der Waals surface area contributed by atoms with Crippen molar-refractivity contribution < 1.29 is 0 Å². The summed E-state index contributed by atoms with van der Waals surface area (Å²) in [6.07, 6.45) is 3.77. The molecule has 96 valence electrons. The molecule has 1 aromatic carbocycles. The number of fused-ring (bicyclic) bond motifs is 1. The van der Waals surface area contributed by atoms with Crippen LogP contribution in [0.1, 0.15) is 33.1 Å². The van der Waals surface area contributed by atoms with E-state index in [4.69, 9.17) is 0 Å². The van der Waals surface area contributed by atoms with E-state index in [0.29, 0.717) is 11.5 Å². The van der Waals surface area contributed by atoms with Crippen LogP contribution in [0.2, 0.25) is 0 Å². The van der Waals surface area contributed by atoms with Gasteiger partial charge in [0, 0.05) is 11.7 Å². The third-order valence-corrected chi connectivity index (χ3v) is 4.11. The Hall–Kier alpha value is -1.71. The molecular weight excluding hydrogens is 226 g/mol. The Labute approximate surface area is 106 Å². The Kier molecular flexibility index (Phi) is 2.47. The molecule has 2 aromatic rings. The van der Waals surface area contributed by atoms with Crippen molar-refractivity contribution in [1.82, 2.24) is 9.97 Å². The molecule has 1 aliphatic carbocycles. The Bertz CT molecular complexity index is 623. The lowest BCUT2D eigenvalue weighted by Crippen LogP contribution is -2.30. The Morgan fingerprint density at radius 1 is 1.28 bits per heavy atom. The van der Waals surface area contributed by atoms with Gasteiger partial charge in [0.15, 0.2) is 0 Å². The highest BCUT2D eigenvalue weighted by molar-refractivity contribution is 5.78. The molecule has 1 heterocycles. The maximum Gasteiger partial charge on any atom is 0.323 e. The molecule has 1 aromatic heterocycles. The number of aromatic nitrogens is 2. The zero-order valence-electron chi connectivity index (χ0n) is 10.8. The van der Waals surface area contributed by atoms with Crippen molar-refractivity contribution in [3.8, 4) is 0 Å². The first-order valence-electron chi connectivity index (χ1n) is 6.53. The van der Waals surface area contributed by atoms with Crippen molar-refractivity contribution in [3.63, 3.8) is 0 Å². The lowest BCUT2D eigenvalue weighted by molar-refractivity contribution is 0.350. The second-order valence-electron chi connectivity index (χ2n) is 5.92. The Morgan fingerprint density at radius 2 is 2.06 bits per heavy atom. The van der Waals surface area contributed by atoms with E-state index in [1.807, 2.05) is 18.2 Å². The molecule has 0 aliphatic heterocycles. The van der Waals surface area contributed by atoms with Gasteiger partial charge in [-0.3, -0.25) is 0 Å². The average molecular weight is 245 g/mol. The van der Waals surface area contributed by atoms with E-state index < -0.39 is 0 Å². The highest BCUT2D eigenvalue weighted by atomic mass is 16.1. The fourth-order valence-electron chi connectivity index (χ4n) is 2.92. The number of anilines is 1. The predicted octanol–water partition coefficient (Wildman–Crippen LogP) is 2.85. The van der Waals surface area contributed by atoms with Gasteiger partial charge >= 0.3 is 5.69 Å². The molecule has 18 heavy (non-hydrogen) atoms. The summed E-state index contributed by atoms with van der Waals surface area (Å²) in [5, 5.41) is 3.60. The van der Waals surface area contributed by atoms with Crippen LogP contribution in [0.15, 0.2) is 23.0 Å². The van der Waals surface area contributed by atoms with Gasteiger partial charge in [-0.05, 0) is 36.5 Å². The highest BCUT2D eigenvalue weighted by Crippen LogP contribution is 2.39. The fraction of sp³-hybridized carbons (Fsp3) is 0.500. The standard InChI is InChI=1S/C14H19N3O/c1-14(2)7-3-4-12(14)15-9-5-6-10-11(8-9)17-13(18)16-10/h5-6,8,12,15H,3-4,7H2,1-2H3,(H2,16,17,18). The minimum atomic E-state index is -0.150. The molecule has 1 fully saturated rings. The van der Waals surface area contributed by atoms with Crippen molar-refractivity contribution in [2.24, 2.45) is 5.41 Å². The van der Waals surface area contributed by atoms with Crippen LogP contribution in [0.5, 0.6) is 0 Å². The topological polar surface area (TPSA) is 60.7 Å². The van der Waals surface area contributed by atoms with Crippen molar-refractivity contribution in [2.45, 2.75) is 39.2 Å². The SMILES string of the molecule is CC1(C)CCCC1Nc1ccc2[nH]c(=O)[nH]c2c1. The largest absolute Gasteiger partial charge is 0.382 e. The minimum Gasteiger partial charge on any atom is -0.382 e. The van der Waals surface area contributed by atoms with E-state index in [9.17, 15) is 4.79 Å². The van der Waals surface area contributed by atoms with Gasteiger partial charge in [0.1, 0.15) is 0 Å². The molecule has 4 nitrogen and oxygen atoms in total. The fourth-order valence-corrected chi connectivity index (χ4v) is 2.92. The molecule has 3 rings (SSSR count). The zero-order valence-corrected chi connectivity index (χ0v) is 10.8. The van der Waals surface area contributed by atoms with E-state index in [0.717, 1.165) is 16.7 Å². The van der Waals surface area contributed by atoms with Gasteiger partial charge in [0.2, 0.25) is 0 Å². The smallest absolute Gasteiger partial charge is 0.323 e. The third kappa shape index (κ3) is 1.92. The van der Waals surface area contributed by atoms with E-state index in [2.05, 4.69) is 29.1 Å². The number of benzene rings is 1. The molecule has 3 N–H and O–H groups in total. The summed E-state index contributed by atoms with van der Waals surface area (Å²) >= 11 is 0. The number of rotatable bonds is 2. The molecular formula is C14H19N3O. The van der Waals surface area contributed by atoms with E-state index in [1.54, 1.807) is 0 Å². The van der Waals surface area contributed by atoms with Gasteiger partial charge in [-0.1, -0.05) is 20.3 Å². The maximum absolute atomic E-state index is 11.2. The molecule has 1 unspecified atom stereocenters. The van der Waals surface area contributed by atoms with Crippen molar-refractivity contribution in [3.05, 3.63) is 28.7 Å². The molecule has 0 radical (unpaired) electrons. The summed E-state index contributed by atoms with van der Waals surface area (Å²) in [5.74, 6) is 0. The van der Waals surface area contributed by atoms with Crippen LogP contribution < -0.4 is 11.0 Å². The van der Waals surface area contributed by atoms with Gasteiger partial charge in [-0.2, -0.15) is 0 Å². The van der Waals surface area contributed by atoms with Gasteiger partial charge in [-0.15, -0.1) is 0 Å². The van der Waals surface area contributed by atoms with Crippen LogP contribution >= 0.6 is 0 Å². The maximum atomic E-state index is 11.2. The van der Waals surface area contributed by atoms with Crippen LogP contribution in [-0.2, 0) is 0 Å². The van der Waals surface area contributed by atoms with Crippen LogP contribution in [0.3, 0.4) is 0 Å². The highest BCUT2D eigenvalue weighted by Gasteiger charge is 2.34. The molecule has 1 aliphatic rings. The average Bonchev–Trinajstić information content (AvgIpc) is 2.81. The first-order valence-corrected chi connectivity index (χ1v) is 6.53. The number of nitrogens with one attached hydrogen (secondary N) is 3. The van der Waals surface area contributed by atoms with E-state index in [1.165, 1.54) is 19.3 Å². The monoisotopic (exact) mass is 245 g/mol. The first kappa shape index (κ1) is 11.4. The number of H-pyrrole nitrogens is 2. The lowest BCUT2D eigenvalue weighted by Gasteiger charge is -2.28. The van der Waals surface area contributed by atoms with Crippen molar-refractivity contribution in [1.29, 1.82) is 0 Å². The Morgan fingerprint density at radius 3 is 2.78 bits per heavy atom. The summed E-state index contributed by atoms with van der Waals surface area (Å²) < 4.78 is 0. The quantitative estimate of drug-likeness (QED) is 0.762. The minimum absolute atomic E-state index is 0.150. The lowest BCUT2D eigenvalue weighted by atomic mass is 9.87. The van der Waals surface area contributed by atoms with Gasteiger partial charge in [-0.25, -0.2) is 4.79 Å². The molecule has 1 saturated carbocycles. The summed E-state index contributed by atoms with van der Waals surface area (Å²) in [5.41, 5.74) is 3.00. The van der Waals surface area contributed by atoms with Crippen LogP contribution in [0.25, 0.3) is 11.0 Å². The van der Waals surface area contributed by atoms with Crippen LogP contribution in [0, 0.1) is 5.41 Å². The summed E-state index contributed by atoms with van der Waals surface area (Å²) in [7, 11) is 0. The Balaban J connectivity index is 1.88. The van der Waals surface area contributed by atoms with Crippen molar-refractivity contribution >= 4 is 16.7 Å². The number of hydrogen-bond acceptors (Lipinski definition) is 2. The summed E-state index contributed by atoms with van der Waals surface area (Å²) in [6, 6.07) is 6.49. The summed E-state index contributed by atoms with van der Waals surface area (Å²) in [6.45, 7) is 4.63. The molecule has 0 saturated heterocycles. The van der Waals surface area contributed by atoms with E-state index >= 15 is 0 Å². The van der Waals surface area contributed by atoms with Crippen LogP contribution in [0.4, 0.5) is 5.69 Å². The molecule has 0 bridgehead atoms. The molecule has 0 spiro atoms. The van der Waals surface area contributed by atoms with Crippen LogP contribution in [-0.4, -0.2) is 16.0 Å². The molecule has 0 amide bonds. The van der Waals surface area contributed by atoms with Gasteiger partial charge in [0.05, 0.1) is 11.0 Å². The van der Waals surface area contributed by atoms with E-state index in [-0.39, 0.29) is 5.69 Å². The predicted molar refractivity (Wildman–Crippen MR) is 74.0 cm³/mol. The zero-order chi connectivity index (χ0) is 12.8. The molecule has 1 atom stereocenters.